The van der Waals surface area contributed by atoms with Gasteiger partial charge < -0.3 is 15.1 Å². The van der Waals surface area contributed by atoms with E-state index >= 15 is 0 Å². The third kappa shape index (κ3) is 2.96. The van der Waals surface area contributed by atoms with E-state index in [0.717, 1.165) is 17.5 Å². The van der Waals surface area contributed by atoms with Gasteiger partial charge >= 0.3 is 6.03 Å². The van der Waals surface area contributed by atoms with E-state index in [-0.39, 0.29) is 6.03 Å². The lowest BCUT2D eigenvalue weighted by atomic mass is 10.3. The highest BCUT2D eigenvalue weighted by molar-refractivity contribution is 5.74. The lowest BCUT2D eigenvalue weighted by Crippen LogP contribution is -2.35. The number of benzene rings is 1. The summed E-state index contributed by atoms with van der Waals surface area (Å²) in [7, 11) is 0. The quantitative estimate of drug-likeness (QED) is 0.849. The SMILES string of the molecule is CCCNC(=O)NCc1nc2ccccc2o1. The molecule has 0 saturated carbocycles. The van der Waals surface area contributed by atoms with Crippen LogP contribution in [0.25, 0.3) is 11.1 Å². The summed E-state index contributed by atoms with van der Waals surface area (Å²) in [5, 5.41) is 5.41. The second kappa shape index (κ2) is 5.34. The molecular formula is C12H15N3O2. The fourth-order valence-corrected chi connectivity index (χ4v) is 1.45. The normalized spacial score (nSPS) is 10.4. The maximum Gasteiger partial charge on any atom is 0.315 e. The Morgan fingerprint density at radius 1 is 1.35 bits per heavy atom. The number of hydrogen-bond donors (Lipinski definition) is 2. The van der Waals surface area contributed by atoms with Gasteiger partial charge in [0.15, 0.2) is 5.58 Å². The van der Waals surface area contributed by atoms with Gasteiger partial charge in [-0.05, 0) is 18.6 Å². The van der Waals surface area contributed by atoms with Gasteiger partial charge in [0.1, 0.15) is 5.52 Å². The van der Waals surface area contributed by atoms with Gasteiger partial charge in [0.25, 0.3) is 0 Å². The van der Waals surface area contributed by atoms with Gasteiger partial charge in [-0.25, -0.2) is 9.78 Å². The monoisotopic (exact) mass is 233 g/mol. The molecule has 17 heavy (non-hydrogen) atoms. The molecule has 0 spiro atoms. The summed E-state index contributed by atoms with van der Waals surface area (Å²) in [6, 6.07) is 7.31. The van der Waals surface area contributed by atoms with Crippen molar-refractivity contribution in [3.05, 3.63) is 30.2 Å². The third-order valence-corrected chi connectivity index (χ3v) is 2.27. The molecule has 0 radical (unpaired) electrons. The Morgan fingerprint density at radius 2 is 2.18 bits per heavy atom. The van der Waals surface area contributed by atoms with E-state index in [1.165, 1.54) is 0 Å². The van der Waals surface area contributed by atoms with Crippen molar-refractivity contribution in [2.45, 2.75) is 19.9 Å². The number of oxazole rings is 1. The van der Waals surface area contributed by atoms with E-state index in [1.807, 2.05) is 31.2 Å². The second-order valence-corrected chi connectivity index (χ2v) is 3.68. The molecular weight excluding hydrogens is 218 g/mol. The van der Waals surface area contributed by atoms with Crippen LogP contribution in [0.4, 0.5) is 4.79 Å². The van der Waals surface area contributed by atoms with Crippen molar-refractivity contribution in [3.8, 4) is 0 Å². The average Bonchev–Trinajstić information content (AvgIpc) is 2.76. The summed E-state index contributed by atoms with van der Waals surface area (Å²) >= 11 is 0. The summed E-state index contributed by atoms with van der Waals surface area (Å²) in [6.07, 6.45) is 0.913. The highest BCUT2D eigenvalue weighted by Gasteiger charge is 2.06. The Bertz CT molecular complexity index is 474. The number of aromatic nitrogens is 1. The number of urea groups is 1. The number of hydrogen-bond acceptors (Lipinski definition) is 3. The Morgan fingerprint density at radius 3 is 2.94 bits per heavy atom. The summed E-state index contributed by atoms with van der Waals surface area (Å²) < 4.78 is 5.47. The molecule has 0 bridgehead atoms. The average molecular weight is 233 g/mol. The minimum Gasteiger partial charge on any atom is -0.439 e. The zero-order valence-electron chi connectivity index (χ0n) is 9.69. The Hall–Kier alpha value is -2.04. The van der Waals surface area contributed by atoms with Gasteiger partial charge in [0.2, 0.25) is 5.89 Å². The molecule has 90 valence electrons. The van der Waals surface area contributed by atoms with Gasteiger partial charge in [-0.1, -0.05) is 19.1 Å². The van der Waals surface area contributed by atoms with Gasteiger partial charge in [-0.3, -0.25) is 0 Å². The van der Waals surface area contributed by atoms with Gasteiger partial charge in [0, 0.05) is 6.54 Å². The molecule has 2 N–H and O–H groups in total. The lowest BCUT2D eigenvalue weighted by molar-refractivity contribution is 0.239. The molecule has 0 aliphatic carbocycles. The maximum atomic E-state index is 11.3. The van der Waals surface area contributed by atoms with Crippen molar-refractivity contribution in [2.24, 2.45) is 0 Å². The van der Waals surface area contributed by atoms with Crippen LogP contribution in [-0.2, 0) is 6.54 Å². The predicted molar refractivity (Wildman–Crippen MR) is 64.5 cm³/mol. The van der Waals surface area contributed by atoms with E-state index < -0.39 is 0 Å². The Kier molecular flexibility index (Phi) is 3.59. The van der Waals surface area contributed by atoms with E-state index in [1.54, 1.807) is 0 Å². The number of amides is 2. The molecule has 0 saturated heterocycles. The summed E-state index contributed by atoms with van der Waals surface area (Å²) in [5.41, 5.74) is 1.54. The standard InChI is InChI=1S/C12H15N3O2/c1-2-7-13-12(16)14-8-11-15-9-5-3-4-6-10(9)17-11/h3-6H,2,7-8H2,1H3,(H2,13,14,16). The number of para-hydroxylation sites is 2. The Labute approximate surface area is 99.2 Å². The van der Waals surface area contributed by atoms with Crippen LogP contribution in [0.5, 0.6) is 0 Å². The summed E-state index contributed by atoms with van der Waals surface area (Å²) in [6.45, 7) is 2.96. The van der Waals surface area contributed by atoms with Crippen LogP contribution in [0.1, 0.15) is 19.2 Å². The van der Waals surface area contributed by atoms with Crippen LogP contribution in [0.15, 0.2) is 28.7 Å². The van der Waals surface area contributed by atoms with Crippen molar-refractivity contribution in [2.75, 3.05) is 6.54 Å². The number of nitrogens with zero attached hydrogens (tertiary/aromatic N) is 1. The highest BCUT2D eigenvalue weighted by atomic mass is 16.3. The number of carbonyl (C=O) groups is 1. The van der Waals surface area contributed by atoms with E-state index in [0.29, 0.717) is 19.0 Å². The van der Waals surface area contributed by atoms with E-state index in [2.05, 4.69) is 15.6 Å². The summed E-state index contributed by atoms with van der Waals surface area (Å²) in [4.78, 5) is 15.6. The minimum absolute atomic E-state index is 0.200. The molecule has 0 atom stereocenters. The molecule has 0 aliphatic heterocycles. The van der Waals surface area contributed by atoms with Crippen molar-refractivity contribution in [1.82, 2.24) is 15.6 Å². The van der Waals surface area contributed by atoms with Crippen LogP contribution in [0.3, 0.4) is 0 Å². The number of nitrogens with one attached hydrogen (secondary N) is 2. The maximum absolute atomic E-state index is 11.3. The van der Waals surface area contributed by atoms with Crippen LogP contribution in [-0.4, -0.2) is 17.6 Å². The summed E-state index contributed by atoms with van der Waals surface area (Å²) in [5.74, 6) is 0.512. The molecule has 2 aromatic rings. The predicted octanol–water partition coefficient (Wildman–Crippen LogP) is 2.04. The van der Waals surface area contributed by atoms with Crippen molar-refractivity contribution in [1.29, 1.82) is 0 Å². The first-order valence-corrected chi connectivity index (χ1v) is 5.65. The number of fused-ring (bicyclic) bond motifs is 1. The first kappa shape index (κ1) is 11.4. The zero-order chi connectivity index (χ0) is 12.1. The Balaban J connectivity index is 1.92. The first-order valence-electron chi connectivity index (χ1n) is 5.65. The molecule has 2 amide bonds. The van der Waals surface area contributed by atoms with Gasteiger partial charge in [0.05, 0.1) is 6.54 Å². The van der Waals surface area contributed by atoms with E-state index in [9.17, 15) is 4.79 Å². The molecule has 5 nitrogen and oxygen atoms in total. The fourth-order valence-electron chi connectivity index (χ4n) is 1.45. The second-order valence-electron chi connectivity index (χ2n) is 3.68. The molecule has 1 heterocycles. The van der Waals surface area contributed by atoms with Crippen molar-refractivity contribution >= 4 is 17.1 Å². The molecule has 1 aromatic heterocycles. The number of carbonyl (C=O) groups excluding carboxylic acids is 1. The topological polar surface area (TPSA) is 67.2 Å². The smallest absolute Gasteiger partial charge is 0.315 e. The third-order valence-electron chi connectivity index (χ3n) is 2.27. The molecule has 1 aromatic carbocycles. The molecule has 0 fully saturated rings. The largest absolute Gasteiger partial charge is 0.439 e. The van der Waals surface area contributed by atoms with Crippen LogP contribution < -0.4 is 10.6 Å². The highest BCUT2D eigenvalue weighted by Crippen LogP contribution is 2.14. The number of rotatable bonds is 4. The first-order chi connectivity index (χ1) is 8.29. The minimum atomic E-state index is -0.200. The van der Waals surface area contributed by atoms with Crippen molar-refractivity contribution < 1.29 is 9.21 Å². The van der Waals surface area contributed by atoms with Crippen LogP contribution in [0.2, 0.25) is 0 Å². The molecule has 0 aliphatic rings. The van der Waals surface area contributed by atoms with Crippen molar-refractivity contribution in [3.63, 3.8) is 0 Å². The van der Waals surface area contributed by atoms with Gasteiger partial charge in [-0.2, -0.15) is 0 Å². The zero-order valence-corrected chi connectivity index (χ0v) is 9.69. The molecule has 0 unspecified atom stereocenters. The molecule has 5 heteroatoms. The van der Waals surface area contributed by atoms with Gasteiger partial charge in [-0.15, -0.1) is 0 Å². The lowest BCUT2D eigenvalue weighted by Gasteiger charge is -2.03. The molecule has 2 rings (SSSR count). The van der Waals surface area contributed by atoms with Crippen LogP contribution >= 0.6 is 0 Å². The fraction of sp³-hybridized carbons (Fsp3) is 0.333. The van der Waals surface area contributed by atoms with E-state index in [4.69, 9.17) is 4.42 Å². The van der Waals surface area contributed by atoms with Crippen LogP contribution in [0, 0.1) is 0 Å².